The van der Waals surface area contributed by atoms with Gasteiger partial charge in [-0.2, -0.15) is 0 Å². The van der Waals surface area contributed by atoms with Crippen LogP contribution in [-0.2, 0) is 14.3 Å². The first-order valence-electron chi connectivity index (χ1n) is 6.82. The van der Waals surface area contributed by atoms with E-state index in [-0.39, 0.29) is 17.8 Å². The van der Waals surface area contributed by atoms with E-state index >= 15 is 0 Å². The van der Waals surface area contributed by atoms with E-state index in [1.54, 1.807) is 0 Å². The molecule has 0 saturated carbocycles. The summed E-state index contributed by atoms with van der Waals surface area (Å²) in [6.45, 7) is 6.15. The highest BCUT2D eigenvalue weighted by Crippen LogP contribution is 2.10. The van der Waals surface area contributed by atoms with Crippen molar-refractivity contribution in [2.45, 2.75) is 32.3 Å². The standard InChI is InChI=1S/C13H22N2O3/c1-2-12-9-14(7-8-18-12)10-13(17)15-5-3-11(16)4-6-15/h12H,2-10H2,1H3. The second-order valence-electron chi connectivity index (χ2n) is 5.06. The number of ketones is 1. The molecule has 2 heterocycles. The van der Waals surface area contributed by atoms with Crippen LogP contribution >= 0.6 is 0 Å². The highest BCUT2D eigenvalue weighted by Gasteiger charge is 2.25. The number of morpholine rings is 1. The van der Waals surface area contributed by atoms with E-state index in [9.17, 15) is 9.59 Å². The molecule has 0 aromatic heterocycles. The molecular formula is C13H22N2O3. The third-order valence-corrected chi connectivity index (χ3v) is 3.71. The van der Waals surface area contributed by atoms with Crippen LogP contribution in [0.2, 0.25) is 0 Å². The number of nitrogens with zero attached hydrogens (tertiary/aromatic N) is 2. The summed E-state index contributed by atoms with van der Waals surface area (Å²) in [7, 11) is 0. The molecule has 0 aliphatic carbocycles. The molecule has 2 saturated heterocycles. The Bertz CT molecular complexity index is 309. The van der Waals surface area contributed by atoms with Crippen molar-refractivity contribution in [1.82, 2.24) is 9.80 Å². The molecule has 5 heteroatoms. The van der Waals surface area contributed by atoms with Gasteiger partial charge in [-0.1, -0.05) is 6.92 Å². The number of amides is 1. The van der Waals surface area contributed by atoms with E-state index in [2.05, 4.69) is 11.8 Å². The lowest BCUT2D eigenvalue weighted by Crippen LogP contribution is -2.49. The van der Waals surface area contributed by atoms with E-state index < -0.39 is 0 Å². The van der Waals surface area contributed by atoms with Crippen LogP contribution < -0.4 is 0 Å². The van der Waals surface area contributed by atoms with Gasteiger partial charge in [-0.25, -0.2) is 0 Å². The lowest BCUT2D eigenvalue weighted by molar-refractivity contribution is -0.137. The molecule has 2 aliphatic rings. The Balaban J connectivity index is 1.78. The van der Waals surface area contributed by atoms with E-state index in [4.69, 9.17) is 4.74 Å². The molecule has 5 nitrogen and oxygen atoms in total. The minimum Gasteiger partial charge on any atom is -0.376 e. The van der Waals surface area contributed by atoms with E-state index in [0.29, 0.717) is 39.1 Å². The Hall–Kier alpha value is -0.940. The van der Waals surface area contributed by atoms with Crippen LogP contribution in [0.5, 0.6) is 0 Å². The van der Waals surface area contributed by atoms with Gasteiger partial charge >= 0.3 is 0 Å². The molecule has 102 valence electrons. The van der Waals surface area contributed by atoms with Crippen LogP contribution in [0, 0.1) is 0 Å². The van der Waals surface area contributed by atoms with Crippen LogP contribution in [0.15, 0.2) is 0 Å². The molecule has 0 aromatic carbocycles. The smallest absolute Gasteiger partial charge is 0.236 e. The molecule has 2 rings (SSSR count). The quantitative estimate of drug-likeness (QED) is 0.726. The lowest BCUT2D eigenvalue weighted by Gasteiger charge is -2.34. The van der Waals surface area contributed by atoms with Crippen LogP contribution in [-0.4, -0.2) is 66.9 Å². The number of hydrogen-bond acceptors (Lipinski definition) is 4. The first kappa shape index (κ1) is 13.5. The van der Waals surface area contributed by atoms with Gasteiger partial charge in [-0.3, -0.25) is 14.5 Å². The minimum atomic E-state index is 0.152. The van der Waals surface area contributed by atoms with Gasteiger partial charge in [-0.15, -0.1) is 0 Å². The third kappa shape index (κ3) is 3.53. The van der Waals surface area contributed by atoms with Gasteiger partial charge in [0.25, 0.3) is 0 Å². The van der Waals surface area contributed by atoms with Crippen molar-refractivity contribution in [3.05, 3.63) is 0 Å². The van der Waals surface area contributed by atoms with Crippen molar-refractivity contribution in [1.29, 1.82) is 0 Å². The average molecular weight is 254 g/mol. The van der Waals surface area contributed by atoms with Gasteiger partial charge in [0.1, 0.15) is 5.78 Å². The van der Waals surface area contributed by atoms with Crippen molar-refractivity contribution in [3.8, 4) is 0 Å². The summed E-state index contributed by atoms with van der Waals surface area (Å²) < 4.78 is 5.59. The summed E-state index contributed by atoms with van der Waals surface area (Å²) in [5.41, 5.74) is 0. The van der Waals surface area contributed by atoms with Gasteiger partial charge < -0.3 is 9.64 Å². The van der Waals surface area contributed by atoms with Gasteiger partial charge in [0.05, 0.1) is 19.3 Å². The Morgan fingerprint density at radius 3 is 2.72 bits per heavy atom. The molecule has 0 radical (unpaired) electrons. The Morgan fingerprint density at radius 2 is 2.06 bits per heavy atom. The number of likely N-dealkylation sites (tertiary alicyclic amines) is 1. The second-order valence-corrected chi connectivity index (χ2v) is 5.06. The van der Waals surface area contributed by atoms with Crippen LogP contribution in [0.4, 0.5) is 0 Å². The third-order valence-electron chi connectivity index (χ3n) is 3.71. The molecule has 0 aromatic rings. The molecule has 18 heavy (non-hydrogen) atoms. The molecule has 1 amide bonds. The topological polar surface area (TPSA) is 49.9 Å². The average Bonchev–Trinajstić information content (AvgIpc) is 2.39. The Kier molecular flexibility index (Phi) is 4.72. The largest absolute Gasteiger partial charge is 0.376 e. The Labute approximate surface area is 108 Å². The maximum absolute atomic E-state index is 12.1. The van der Waals surface area contributed by atoms with E-state index in [0.717, 1.165) is 19.5 Å². The normalized spacial score (nSPS) is 26.4. The van der Waals surface area contributed by atoms with Gasteiger partial charge in [0, 0.05) is 39.0 Å². The minimum absolute atomic E-state index is 0.152. The predicted molar refractivity (Wildman–Crippen MR) is 67.3 cm³/mol. The zero-order valence-electron chi connectivity index (χ0n) is 11.1. The second kappa shape index (κ2) is 6.29. The van der Waals surface area contributed by atoms with Crippen molar-refractivity contribution >= 4 is 11.7 Å². The van der Waals surface area contributed by atoms with E-state index in [1.807, 2.05) is 4.90 Å². The first-order valence-corrected chi connectivity index (χ1v) is 6.82. The number of hydrogen-bond donors (Lipinski definition) is 0. The first-order chi connectivity index (χ1) is 8.69. The maximum Gasteiger partial charge on any atom is 0.236 e. The number of carbonyl (C=O) groups is 2. The van der Waals surface area contributed by atoms with Crippen LogP contribution in [0.3, 0.4) is 0 Å². The fourth-order valence-corrected chi connectivity index (χ4v) is 2.47. The molecule has 0 N–H and O–H groups in total. The number of rotatable bonds is 3. The molecule has 1 unspecified atom stereocenters. The van der Waals surface area contributed by atoms with Crippen molar-refractivity contribution < 1.29 is 14.3 Å². The zero-order valence-corrected chi connectivity index (χ0v) is 11.1. The summed E-state index contributed by atoms with van der Waals surface area (Å²) in [5.74, 6) is 0.427. The van der Waals surface area contributed by atoms with E-state index in [1.165, 1.54) is 0 Å². The molecule has 2 fully saturated rings. The molecule has 0 bridgehead atoms. The summed E-state index contributed by atoms with van der Waals surface area (Å²) in [5, 5.41) is 0. The van der Waals surface area contributed by atoms with Gasteiger partial charge in [0.15, 0.2) is 0 Å². The molecule has 2 aliphatic heterocycles. The Morgan fingerprint density at radius 1 is 1.33 bits per heavy atom. The summed E-state index contributed by atoms with van der Waals surface area (Å²) in [4.78, 5) is 27.2. The van der Waals surface area contributed by atoms with Gasteiger partial charge in [0.2, 0.25) is 5.91 Å². The van der Waals surface area contributed by atoms with Gasteiger partial charge in [-0.05, 0) is 6.42 Å². The summed E-state index contributed by atoms with van der Waals surface area (Å²) >= 11 is 0. The summed E-state index contributed by atoms with van der Waals surface area (Å²) in [6, 6.07) is 0. The fourth-order valence-electron chi connectivity index (χ4n) is 2.47. The predicted octanol–water partition coefficient (Wildman–Crippen LogP) is 0.289. The monoisotopic (exact) mass is 254 g/mol. The van der Waals surface area contributed by atoms with Crippen molar-refractivity contribution in [2.75, 3.05) is 39.3 Å². The zero-order chi connectivity index (χ0) is 13.0. The highest BCUT2D eigenvalue weighted by atomic mass is 16.5. The van der Waals surface area contributed by atoms with Crippen LogP contribution in [0.25, 0.3) is 0 Å². The van der Waals surface area contributed by atoms with Crippen LogP contribution in [0.1, 0.15) is 26.2 Å². The fraction of sp³-hybridized carbons (Fsp3) is 0.846. The molecular weight excluding hydrogens is 232 g/mol. The maximum atomic E-state index is 12.1. The summed E-state index contributed by atoms with van der Waals surface area (Å²) in [6.07, 6.45) is 2.29. The number of Topliss-reactive ketones (excluding diaryl/α,β-unsaturated/α-hetero) is 1. The van der Waals surface area contributed by atoms with Crippen molar-refractivity contribution in [3.63, 3.8) is 0 Å². The highest BCUT2D eigenvalue weighted by molar-refractivity contribution is 5.84. The molecule has 0 spiro atoms. The number of ether oxygens (including phenoxy) is 1. The number of piperidine rings is 1. The lowest BCUT2D eigenvalue weighted by atomic mass is 10.1. The number of carbonyl (C=O) groups excluding carboxylic acids is 2. The SMILES string of the molecule is CCC1CN(CC(=O)N2CCC(=O)CC2)CCO1. The van der Waals surface area contributed by atoms with Crippen molar-refractivity contribution in [2.24, 2.45) is 0 Å². The molecule has 1 atom stereocenters.